The minimum Gasteiger partial charge on any atom is -0.497 e. The van der Waals surface area contributed by atoms with E-state index in [1.807, 2.05) is 24.3 Å². The molecule has 0 spiro atoms. The van der Waals surface area contributed by atoms with Crippen LogP contribution < -0.4 is 14.8 Å². The van der Waals surface area contributed by atoms with Gasteiger partial charge in [0.05, 0.1) is 25.8 Å². The number of ether oxygens (including phenoxy) is 3. The fourth-order valence-electron chi connectivity index (χ4n) is 2.22. The van der Waals surface area contributed by atoms with Gasteiger partial charge in [0.25, 0.3) is 11.8 Å². The van der Waals surface area contributed by atoms with Crippen molar-refractivity contribution in [1.82, 2.24) is 10.5 Å². The van der Waals surface area contributed by atoms with Crippen LogP contribution in [0.3, 0.4) is 0 Å². The van der Waals surface area contributed by atoms with Crippen molar-refractivity contribution in [3.63, 3.8) is 0 Å². The molecule has 7 heteroatoms. The first-order valence-corrected chi connectivity index (χ1v) is 7.35. The zero-order valence-electron chi connectivity index (χ0n) is 12.8. The molecule has 3 rings (SSSR count). The maximum Gasteiger partial charge on any atom is 0.290 e. The predicted molar refractivity (Wildman–Crippen MR) is 80.5 cm³/mol. The van der Waals surface area contributed by atoms with Gasteiger partial charge in [-0.25, -0.2) is 0 Å². The number of hydrogen-bond donors (Lipinski definition) is 1. The highest BCUT2D eigenvalue weighted by molar-refractivity contribution is 5.91. The van der Waals surface area contributed by atoms with Gasteiger partial charge in [0.15, 0.2) is 0 Å². The van der Waals surface area contributed by atoms with E-state index >= 15 is 0 Å². The van der Waals surface area contributed by atoms with E-state index in [2.05, 4.69) is 10.5 Å². The van der Waals surface area contributed by atoms with Crippen LogP contribution in [-0.2, 0) is 11.3 Å². The Kier molecular flexibility index (Phi) is 4.77. The Morgan fingerprint density at radius 3 is 2.91 bits per heavy atom. The number of rotatable bonds is 6. The van der Waals surface area contributed by atoms with Crippen molar-refractivity contribution in [1.29, 1.82) is 0 Å². The standard InChI is InChI=1S/C16H18N2O5/c1-20-13-4-2-11(3-5-13)9-22-15-8-14(23-18-15)16(19)17-12-6-7-21-10-12/h2-5,8,12H,6-7,9-10H2,1H3,(H,17,19)/t12-/m1/s1. The Labute approximate surface area is 133 Å². The molecule has 1 saturated heterocycles. The van der Waals surface area contributed by atoms with E-state index in [9.17, 15) is 4.79 Å². The molecule has 2 heterocycles. The first-order chi connectivity index (χ1) is 11.2. The maximum absolute atomic E-state index is 12.0. The second-order valence-electron chi connectivity index (χ2n) is 5.20. The van der Waals surface area contributed by atoms with E-state index in [0.717, 1.165) is 17.7 Å². The fraction of sp³-hybridized carbons (Fsp3) is 0.375. The summed E-state index contributed by atoms with van der Waals surface area (Å²) >= 11 is 0. The van der Waals surface area contributed by atoms with Gasteiger partial charge in [0.2, 0.25) is 5.76 Å². The molecule has 7 nitrogen and oxygen atoms in total. The molecule has 1 atom stereocenters. The number of carbonyl (C=O) groups is 1. The highest BCUT2D eigenvalue weighted by Crippen LogP contribution is 2.16. The number of benzene rings is 1. The minimum absolute atomic E-state index is 0.0243. The van der Waals surface area contributed by atoms with Crippen LogP contribution in [0, 0.1) is 0 Å². The molecule has 0 saturated carbocycles. The third-order valence-corrected chi connectivity index (χ3v) is 3.52. The molecule has 0 radical (unpaired) electrons. The molecule has 0 unspecified atom stereocenters. The number of hydrogen-bond acceptors (Lipinski definition) is 6. The summed E-state index contributed by atoms with van der Waals surface area (Å²) in [7, 11) is 1.62. The van der Waals surface area contributed by atoms with Gasteiger partial charge in [-0.05, 0) is 29.3 Å². The van der Waals surface area contributed by atoms with Crippen molar-refractivity contribution in [3.8, 4) is 11.6 Å². The number of amides is 1. The van der Waals surface area contributed by atoms with Crippen LogP contribution in [0.15, 0.2) is 34.9 Å². The van der Waals surface area contributed by atoms with Crippen molar-refractivity contribution in [3.05, 3.63) is 41.7 Å². The smallest absolute Gasteiger partial charge is 0.290 e. The van der Waals surface area contributed by atoms with Crippen LogP contribution in [0.1, 0.15) is 22.5 Å². The lowest BCUT2D eigenvalue weighted by atomic mass is 10.2. The molecule has 23 heavy (non-hydrogen) atoms. The Bertz CT molecular complexity index is 647. The first-order valence-electron chi connectivity index (χ1n) is 7.35. The summed E-state index contributed by atoms with van der Waals surface area (Å²) in [6, 6.07) is 9.00. The topological polar surface area (TPSA) is 82.8 Å². The zero-order valence-corrected chi connectivity index (χ0v) is 12.8. The highest BCUT2D eigenvalue weighted by atomic mass is 16.5. The van der Waals surface area contributed by atoms with Crippen LogP contribution in [0.4, 0.5) is 0 Å². The summed E-state index contributed by atoms with van der Waals surface area (Å²) in [5.41, 5.74) is 0.961. The molecule has 1 amide bonds. The largest absolute Gasteiger partial charge is 0.497 e. The van der Waals surface area contributed by atoms with Crippen molar-refractivity contribution >= 4 is 5.91 Å². The normalized spacial score (nSPS) is 17.0. The van der Waals surface area contributed by atoms with E-state index in [1.54, 1.807) is 7.11 Å². The van der Waals surface area contributed by atoms with Crippen LogP contribution in [0.5, 0.6) is 11.6 Å². The third kappa shape index (κ3) is 4.01. The summed E-state index contributed by atoms with van der Waals surface area (Å²) in [5.74, 6) is 0.868. The van der Waals surface area contributed by atoms with E-state index in [4.69, 9.17) is 18.7 Å². The lowest BCUT2D eigenvalue weighted by molar-refractivity contribution is 0.0892. The Morgan fingerprint density at radius 2 is 2.22 bits per heavy atom. The molecular weight excluding hydrogens is 300 g/mol. The van der Waals surface area contributed by atoms with Crippen molar-refractivity contribution in [2.75, 3.05) is 20.3 Å². The second-order valence-corrected chi connectivity index (χ2v) is 5.20. The lowest BCUT2D eigenvalue weighted by Crippen LogP contribution is -2.34. The summed E-state index contributed by atoms with van der Waals surface area (Å²) in [4.78, 5) is 12.0. The SMILES string of the molecule is COc1ccc(COc2cc(C(=O)N[C@@H]3CCOC3)on2)cc1. The average molecular weight is 318 g/mol. The van der Waals surface area contributed by atoms with Crippen molar-refractivity contribution < 1.29 is 23.5 Å². The monoisotopic (exact) mass is 318 g/mol. The lowest BCUT2D eigenvalue weighted by Gasteiger charge is -2.07. The number of nitrogens with one attached hydrogen (secondary N) is 1. The average Bonchev–Trinajstić information content (AvgIpc) is 3.25. The van der Waals surface area contributed by atoms with Gasteiger partial charge >= 0.3 is 0 Å². The second kappa shape index (κ2) is 7.15. The van der Waals surface area contributed by atoms with Crippen LogP contribution in [-0.4, -0.2) is 37.4 Å². The minimum atomic E-state index is -0.313. The molecule has 1 aliphatic rings. The van der Waals surface area contributed by atoms with Gasteiger partial charge in [0, 0.05) is 6.61 Å². The highest BCUT2D eigenvalue weighted by Gasteiger charge is 2.21. The van der Waals surface area contributed by atoms with E-state index in [1.165, 1.54) is 6.07 Å². The molecule has 1 aromatic heterocycles. The summed E-state index contributed by atoms with van der Waals surface area (Å²) in [5, 5.41) is 6.57. The van der Waals surface area contributed by atoms with Gasteiger partial charge in [-0.2, -0.15) is 0 Å². The summed E-state index contributed by atoms with van der Waals surface area (Å²) in [6.45, 7) is 1.52. The zero-order chi connectivity index (χ0) is 16.1. The van der Waals surface area contributed by atoms with Gasteiger partial charge in [-0.1, -0.05) is 12.1 Å². The Hall–Kier alpha value is -2.54. The molecule has 0 bridgehead atoms. The third-order valence-electron chi connectivity index (χ3n) is 3.52. The van der Waals surface area contributed by atoms with Gasteiger partial charge in [-0.3, -0.25) is 4.79 Å². The van der Waals surface area contributed by atoms with Gasteiger partial charge in [-0.15, -0.1) is 0 Å². The van der Waals surface area contributed by atoms with E-state index in [0.29, 0.717) is 19.8 Å². The number of nitrogens with zero attached hydrogens (tertiary/aromatic N) is 1. The number of methoxy groups -OCH3 is 1. The fourth-order valence-corrected chi connectivity index (χ4v) is 2.22. The summed E-state index contributed by atoms with van der Waals surface area (Å²) < 4.78 is 20.8. The van der Waals surface area contributed by atoms with E-state index < -0.39 is 0 Å². The molecule has 122 valence electrons. The van der Waals surface area contributed by atoms with E-state index in [-0.39, 0.29) is 23.6 Å². The van der Waals surface area contributed by atoms with Crippen molar-refractivity contribution in [2.45, 2.75) is 19.1 Å². The molecular formula is C16H18N2O5. The van der Waals surface area contributed by atoms with Crippen LogP contribution in [0.25, 0.3) is 0 Å². The van der Waals surface area contributed by atoms with Crippen LogP contribution >= 0.6 is 0 Å². The number of carbonyl (C=O) groups excluding carboxylic acids is 1. The predicted octanol–water partition coefficient (Wildman–Crippen LogP) is 1.78. The first kappa shape index (κ1) is 15.4. The molecule has 2 aromatic rings. The quantitative estimate of drug-likeness (QED) is 0.874. The van der Waals surface area contributed by atoms with Crippen LogP contribution in [0.2, 0.25) is 0 Å². The Morgan fingerprint density at radius 1 is 1.39 bits per heavy atom. The maximum atomic E-state index is 12.0. The Balaban J connectivity index is 1.52. The summed E-state index contributed by atoms with van der Waals surface area (Å²) in [6.07, 6.45) is 0.806. The molecule has 1 aliphatic heterocycles. The molecule has 1 aromatic carbocycles. The van der Waals surface area contributed by atoms with Gasteiger partial charge in [0.1, 0.15) is 12.4 Å². The molecule has 0 aliphatic carbocycles. The van der Waals surface area contributed by atoms with Gasteiger partial charge < -0.3 is 24.1 Å². The molecule has 1 fully saturated rings. The number of aromatic nitrogens is 1. The molecule has 1 N–H and O–H groups in total. The van der Waals surface area contributed by atoms with Crippen molar-refractivity contribution in [2.24, 2.45) is 0 Å².